The zero-order chi connectivity index (χ0) is 25.5. The molecular formula is C34H18S5. The Morgan fingerprint density at radius 3 is 1.77 bits per heavy atom. The van der Waals surface area contributed by atoms with Crippen LogP contribution in [0.25, 0.3) is 81.1 Å². The second-order valence-corrected chi connectivity index (χ2v) is 14.9. The van der Waals surface area contributed by atoms with Crippen LogP contribution in [0.2, 0.25) is 0 Å². The lowest BCUT2D eigenvalue weighted by molar-refractivity contribution is 1.68. The molecule has 5 heterocycles. The van der Waals surface area contributed by atoms with Crippen LogP contribution in [-0.2, 0) is 0 Å². The number of hydrogen-bond donors (Lipinski definition) is 0. The number of benzene rings is 4. The summed E-state index contributed by atoms with van der Waals surface area (Å²) < 4.78 is 9.71. The molecule has 0 aliphatic carbocycles. The lowest BCUT2D eigenvalue weighted by Crippen LogP contribution is -1.77. The highest BCUT2D eigenvalue weighted by atomic mass is 32.1. The Balaban J connectivity index is 1.05. The topological polar surface area (TPSA) is 0 Å². The minimum absolute atomic E-state index is 1.29. The molecule has 0 bridgehead atoms. The van der Waals surface area contributed by atoms with Gasteiger partial charge in [-0.1, -0.05) is 72.8 Å². The van der Waals surface area contributed by atoms with E-state index in [1.165, 1.54) is 81.1 Å². The maximum atomic E-state index is 2.39. The van der Waals surface area contributed by atoms with Gasteiger partial charge in [0.05, 0.1) is 9.40 Å². The van der Waals surface area contributed by atoms with Crippen molar-refractivity contribution in [1.82, 2.24) is 0 Å². The Morgan fingerprint density at radius 2 is 0.974 bits per heavy atom. The van der Waals surface area contributed by atoms with E-state index in [4.69, 9.17) is 0 Å². The van der Waals surface area contributed by atoms with Crippen LogP contribution in [-0.4, -0.2) is 0 Å². The molecule has 0 radical (unpaired) electrons. The molecule has 9 aromatic rings. The van der Waals surface area contributed by atoms with Gasteiger partial charge in [-0.05, 0) is 52.4 Å². The number of fused-ring (bicyclic) bond motifs is 7. The van der Waals surface area contributed by atoms with E-state index in [-0.39, 0.29) is 0 Å². The van der Waals surface area contributed by atoms with E-state index in [0.717, 1.165) is 0 Å². The Kier molecular flexibility index (Phi) is 4.95. The van der Waals surface area contributed by atoms with E-state index in [0.29, 0.717) is 0 Å². The third-order valence-electron chi connectivity index (χ3n) is 7.44. The molecule has 0 amide bonds. The molecule has 0 saturated heterocycles. The zero-order valence-electron chi connectivity index (χ0n) is 20.4. The first kappa shape index (κ1) is 22.5. The van der Waals surface area contributed by atoms with E-state index < -0.39 is 0 Å². The summed E-state index contributed by atoms with van der Waals surface area (Å²) >= 11 is 9.48. The first-order valence-corrected chi connectivity index (χ1v) is 16.9. The van der Waals surface area contributed by atoms with Crippen LogP contribution in [0.3, 0.4) is 0 Å². The molecule has 0 unspecified atom stereocenters. The Labute approximate surface area is 244 Å². The fourth-order valence-corrected chi connectivity index (χ4v) is 11.6. The summed E-state index contributed by atoms with van der Waals surface area (Å²) in [7, 11) is 0. The molecule has 4 aromatic carbocycles. The van der Waals surface area contributed by atoms with Crippen molar-refractivity contribution in [3.05, 3.63) is 109 Å². The van der Waals surface area contributed by atoms with E-state index in [1.54, 1.807) is 0 Å². The molecule has 0 aliphatic heterocycles. The number of thiophene rings is 5. The lowest BCUT2D eigenvalue weighted by atomic mass is 10.0. The van der Waals surface area contributed by atoms with Gasteiger partial charge in [-0.2, -0.15) is 0 Å². The number of hydrogen-bond acceptors (Lipinski definition) is 5. The van der Waals surface area contributed by atoms with Gasteiger partial charge in [-0.15, -0.1) is 56.7 Å². The molecule has 0 atom stereocenters. The van der Waals surface area contributed by atoms with E-state index in [2.05, 4.69) is 109 Å². The highest BCUT2D eigenvalue weighted by molar-refractivity contribution is 7.36. The maximum absolute atomic E-state index is 2.39. The largest absolute Gasteiger partial charge is 0.143 e. The zero-order valence-corrected chi connectivity index (χ0v) is 24.5. The summed E-state index contributed by atoms with van der Waals surface area (Å²) in [6.07, 6.45) is 0. The fourth-order valence-electron chi connectivity index (χ4n) is 5.49. The van der Waals surface area contributed by atoms with Crippen molar-refractivity contribution in [2.24, 2.45) is 0 Å². The van der Waals surface area contributed by atoms with Crippen LogP contribution in [0.5, 0.6) is 0 Å². The standard InChI is InChI=1S/C34H18S5/c1-3-7-26-22(5-1)25(18-35-26)19-9-11-20(12-10-19)28-16-31-32(36-28)17-29(37-31)21-13-14-24-30(15-21)39-33-23-6-2-4-8-27(23)38-34(24)33/h1-18H. The van der Waals surface area contributed by atoms with Gasteiger partial charge in [0.1, 0.15) is 0 Å². The second-order valence-electron chi connectivity index (χ2n) is 9.74. The molecule has 0 N–H and O–H groups in total. The summed E-state index contributed by atoms with van der Waals surface area (Å²) in [5, 5.41) is 6.40. The fraction of sp³-hybridized carbons (Fsp3) is 0. The first-order valence-electron chi connectivity index (χ1n) is 12.7. The monoisotopic (exact) mass is 586 g/mol. The lowest BCUT2D eigenvalue weighted by Gasteiger charge is -2.02. The molecule has 5 heteroatoms. The minimum atomic E-state index is 1.29. The van der Waals surface area contributed by atoms with Gasteiger partial charge in [0.25, 0.3) is 0 Å². The average molecular weight is 587 g/mol. The summed E-state index contributed by atoms with van der Waals surface area (Å²) in [6.45, 7) is 0. The SMILES string of the molecule is c1ccc2c(-c3ccc(-c4cc5sc(-c6ccc7c(c6)sc6c8ccccc8sc76)cc5s4)cc3)csc2c1. The van der Waals surface area contributed by atoms with Crippen LogP contribution in [0, 0.1) is 0 Å². The van der Waals surface area contributed by atoms with E-state index in [1.807, 2.05) is 56.7 Å². The van der Waals surface area contributed by atoms with E-state index >= 15 is 0 Å². The molecule has 9 rings (SSSR count). The second kappa shape index (κ2) is 8.59. The van der Waals surface area contributed by atoms with Crippen molar-refractivity contribution in [2.75, 3.05) is 0 Å². The van der Waals surface area contributed by atoms with Gasteiger partial charge in [-0.3, -0.25) is 0 Å². The van der Waals surface area contributed by atoms with Crippen molar-refractivity contribution >= 4 is 106 Å². The van der Waals surface area contributed by atoms with Crippen molar-refractivity contribution in [1.29, 1.82) is 0 Å². The molecule has 0 spiro atoms. The molecule has 0 fully saturated rings. The van der Waals surface area contributed by atoms with Crippen molar-refractivity contribution in [3.63, 3.8) is 0 Å². The molecule has 0 aliphatic rings. The van der Waals surface area contributed by atoms with Crippen LogP contribution in [0.4, 0.5) is 0 Å². The van der Waals surface area contributed by atoms with Crippen LogP contribution in [0.15, 0.2) is 109 Å². The summed E-state index contributed by atoms with van der Waals surface area (Å²) in [6, 6.07) is 38.3. The van der Waals surface area contributed by atoms with Crippen LogP contribution < -0.4 is 0 Å². The van der Waals surface area contributed by atoms with Crippen molar-refractivity contribution in [3.8, 4) is 32.0 Å². The first-order chi connectivity index (χ1) is 19.3. The summed E-state index contributed by atoms with van der Waals surface area (Å²) in [5.41, 5.74) is 5.23. The average Bonchev–Trinajstić information content (AvgIpc) is 3.78. The quantitative estimate of drug-likeness (QED) is 0.193. The molecule has 0 nitrogen and oxygen atoms in total. The molecule has 5 aromatic heterocycles. The molecule has 0 saturated carbocycles. The molecular weight excluding hydrogens is 569 g/mol. The summed E-state index contributed by atoms with van der Waals surface area (Å²) in [4.78, 5) is 2.69. The van der Waals surface area contributed by atoms with Crippen LogP contribution >= 0.6 is 56.7 Å². The van der Waals surface area contributed by atoms with Gasteiger partial charge in [-0.25, -0.2) is 0 Å². The van der Waals surface area contributed by atoms with Gasteiger partial charge in [0, 0.05) is 55.0 Å². The minimum Gasteiger partial charge on any atom is -0.143 e. The van der Waals surface area contributed by atoms with Gasteiger partial charge in [0.2, 0.25) is 0 Å². The smallest absolute Gasteiger partial charge is 0.0542 e. The van der Waals surface area contributed by atoms with Crippen LogP contribution in [0.1, 0.15) is 0 Å². The van der Waals surface area contributed by atoms with Gasteiger partial charge >= 0.3 is 0 Å². The predicted molar refractivity (Wildman–Crippen MR) is 180 cm³/mol. The van der Waals surface area contributed by atoms with Gasteiger partial charge < -0.3 is 0 Å². The number of rotatable bonds is 3. The van der Waals surface area contributed by atoms with Crippen molar-refractivity contribution in [2.45, 2.75) is 0 Å². The van der Waals surface area contributed by atoms with Gasteiger partial charge in [0.15, 0.2) is 0 Å². The highest BCUT2D eigenvalue weighted by Gasteiger charge is 2.15. The van der Waals surface area contributed by atoms with E-state index in [9.17, 15) is 0 Å². The van der Waals surface area contributed by atoms with Crippen molar-refractivity contribution < 1.29 is 0 Å². The predicted octanol–water partition coefficient (Wildman–Crippen LogP) is 12.8. The normalized spacial score (nSPS) is 12.1. The Bertz CT molecular complexity index is 2300. The third-order valence-corrected chi connectivity index (χ3v) is 13.3. The summed E-state index contributed by atoms with van der Waals surface area (Å²) in [5.74, 6) is 0. The Morgan fingerprint density at radius 1 is 0.385 bits per heavy atom. The highest BCUT2D eigenvalue weighted by Crippen LogP contribution is 2.47. The maximum Gasteiger partial charge on any atom is 0.0542 e. The Hall–Kier alpha value is -3.32. The molecule has 39 heavy (non-hydrogen) atoms. The third kappa shape index (κ3) is 3.51. The molecule has 184 valence electrons.